The third-order valence-electron chi connectivity index (χ3n) is 1.81. The standard InChI is InChI=1S/C6H14N2O.C3H5ClO2/c7-1-2-8-3-5-9-6-4-8;1-6-2-3(4)5/h1-7H2;2H2,1H3. The minimum absolute atomic E-state index is 0.00154. The van der Waals surface area contributed by atoms with Crippen molar-refractivity contribution in [1.82, 2.24) is 4.90 Å². The molecule has 1 aliphatic rings. The highest BCUT2D eigenvalue weighted by atomic mass is 35.5. The molecule has 0 aliphatic carbocycles. The highest BCUT2D eigenvalue weighted by molar-refractivity contribution is 6.63. The second-order valence-corrected chi connectivity index (χ2v) is 3.45. The van der Waals surface area contributed by atoms with Crippen LogP contribution in [0.25, 0.3) is 0 Å². The first-order valence-corrected chi connectivity index (χ1v) is 5.26. The van der Waals surface area contributed by atoms with Gasteiger partial charge in [0, 0.05) is 33.3 Å². The average Bonchev–Trinajstić information content (AvgIpc) is 2.20. The zero-order chi connectivity index (χ0) is 11.5. The number of halogens is 1. The normalized spacial score (nSPS) is 16.7. The largest absolute Gasteiger partial charge is 0.379 e. The van der Waals surface area contributed by atoms with Crippen molar-refractivity contribution in [1.29, 1.82) is 0 Å². The molecule has 6 heteroatoms. The molecule has 2 N–H and O–H groups in total. The van der Waals surface area contributed by atoms with Crippen molar-refractivity contribution in [2.24, 2.45) is 5.73 Å². The van der Waals surface area contributed by atoms with Crippen LogP contribution >= 0.6 is 11.6 Å². The van der Waals surface area contributed by atoms with E-state index in [4.69, 9.17) is 22.1 Å². The predicted octanol–water partition coefficient (Wildman–Crippen LogP) is -0.324. The van der Waals surface area contributed by atoms with Gasteiger partial charge in [0.2, 0.25) is 5.24 Å². The minimum Gasteiger partial charge on any atom is -0.379 e. The lowest BCUT2D eigenvalue weighted by atomic mass is 10.4. The van der Waals surface area contributed by atoms with Crippen LogP contribution in [0.1, 0.15) is 0 Å². The molecule has 15 heavy (non-hydrogen) atoms. The minimum atomic E-state index is -0.461. The van der Waals surface area contributed by atoms with E-state index < -0.39 is 5.24 Å². The number of nitrogens with zero attached hydrogens (tertiary/aromatic N) is 1. The molecule has 0 saturated carbocycles. The molecular weight excluding hydrogens is 220 g/mol. The monoisotopic (exact) mass is 238 g/mol. The molecule has 0 bridgehead atoms. The van der Waals surface area contributed by atoms with E-state index in [1.807, 2.05) is 0 Å². The summed E-state index contributed by atoms with van der Waals surface area (Å²) in [4.78, 5) is 12.0. The molecule has 1 heterocycles. The van der Waals surface area contributed by atoms with Gasteiger partial charge in [0.15, 0.2) is 0 Å². The van der Waals surface area contributed by atoms with Crippen LogP contribution in [0, 0.1) is 0 Å². The van der Waals surface area contributed by atoms with Crippen LogP contribution in [0.5, 0.6) is 0 Å². The quantitative estimate of drug-likeness (QED) is 0.680. The van der Waals surface area contributed by atoms with Crippen LogP contribution in [0.4, 0.5) is 0 Å². The van der Waals surface area contributed by atoms with E-state index in [0.29, 0.717) is 0 Å². The lowest BCUT2D eigenvalue weighted by Gasteiger charge is -2.25. The second-order valence-electron chi connectivity index (χ2n) is 3.03. The number of carbonyl (C=O) groups is 1. The Bertz CT molecular complexity index is 161. The smallest absolute Gasteiger partial charge is 0.247 e. The lowest BCUT2D eigenvalue weighted by Crippen LogP contribution is -2.39. The predicted molar refractivity (Wildman–Crippen MR) is 59.0 cm³/mol. The molecule has 0 aromatic heterocycles. The first-order chi connectivity index (χ1) is 7.20. The van der Waals surface area contributed by atoms with Crippen LogP contribution in [-0.2, 0) is 14.3 Å². The zero-order valence-corrected chi connectivity index (χ0v) is 9.83. The van der Waals surface area contributed by atoms with Crippen LogP contribution < -0.4 is 5.73 Å². The topological polar surface area (TPSA) is 64.8 Å². The third-order valence-corrected chi connectivity index (χ3v) is 1.92. The van der Waals surface area contributed by atoms with Crippen molar-refractivity contribution >= 4 is 16.8 Å². The Morgan fingerprint density at radius 3 is 2.47 bits per heavy atom. The van der Waals surface area contributed by atoms with Crippen molar-refractivity contribution in [2.75, 3.05) is 53.1 Å². The number of hydrogen-bond donors (Lipinski definition) is 1. The van der Waals surface area contributed by atoms with Gasteiger partial charge in [-0.1, -0.05) is 0 Å². The molecule has 0 radical (unpaired) electrons. The van der Waals surface area contributed by atoms with Crippen molar-refractivity contribution < 1.29 is 14.3 Å². The molecule has 0 spiro atoms. The number of rotatable bonds is 4. The van der Waals surface area contributed by atoms with Gasteiger partial charge in [0.05, 0.1) is 13.2 Å². The van der Waals surface area contributed by atoms with Crippen LogP contribution in [0.15, 0.2) is 0 Å². The van der Waals surface area contributed by atoms with E-state index in [9.17, 15) is 4.79 Å². The summed E-state index contributed by atoms with van der Waals surface area (Å²) in [7, 11) is 1.42. The second kappa shape index (κ2) is 10.3. The molecule has 0 amide bonds. The van der Waals surface area contributed by atoms with Gasteiger partial charge in [-0.2, -0.15) is 0 Å². The summed E-state index contributed by atoms with van der Waals surface area (Å²) in [6.07, 6.45) is 0. The highest BCUT2D eigenvalue weighted by Crippen LogP contribution is 1.93. The summed E-state index contributed by atoms with van der Waals surface area (Å²) in [6.45, 7) is 5.64. The average molecular weight is 239 g/mol. The maximum absolute atomic E-state index is 9.68. The van der Waals surface area contributed by atoms with Gasteiger partial charge < -0.3 is 15.2 Å². The fraction of sp³-hybridized carbons (Fsp3) is 0.889. The lowest BCUT2D eigenvalue weighted by molar-refractivity contribution is -0.114. The van der Waals surface area contributed by atoms with Gasteiger partial charge in [-0.25, -0.2) is 0 Å². The fourth-order valence-electron chi connectivity index (χ4n) is 1.12. The van der Waals surface area contributed by atoms with Crippen LogP contribution in [0.2, 0.25) is 0 Å². The SMILES string of the molecule is COCC(=O)Cl.NCCN1CCOCC1. The number of nitrogens with two attached hydrogens (primary N) is 1. The highest BCUT2D eigenvalue weighted by Gasteiger charge is 2.07. The van der Waals surface area contributed by atoms with E-state index in [-0.39, 0.29) is 6.61 Å². The zero-order valence-electron chi connectivity index (χ0n) is 9.08. The molecule has 1 aliphatic heterocycles. The van der Waals surface area contributed by atoms with Crippen molar-refractivity contribution in [3.8, 4) is 0 Å². The molecule has 0 aromatic carbocycles. The van der Waals surface area contributed by atoms with Crippen molar-refractivity contribution in [2.45, 2.75) is 0 Å². The Kier molecular flexibility index (Phi) is 10.2. The summed E-state index contributed by atoms with van der Waals surface area (Å²) < 4.78 is 9.49. The molecule has 90 valence electrons. The van der Waals surface area contributed by atoms with Gasteiger partial charge in [0.25, 0.3) is 0 Å². The fourth-order valence-corrected chi connectivity index (χ4v) is 1.23. The Morgan fingerprint density at radius 2 is 2.13 bits per heavy atom. The van der Waals surface area contributed by atoms with Gasteiger partial charge in [0.1, 0.15) is 6.61 Å². The Balaban J connectivity index is 0.000000288. The van der Waals surface area contributed by atoms with Crippen LogP contribution in [0.3, 0.4) is 0 Å². The van der Waals surface area contributed by atoms with E-state index in [1.165, 1.54) is 7.11 Å². The first kappa shape index (κ1) is 14.8. The van der Waals surface area contributed by atoms with Gasteiger partial charge in [-0.05, 0) is 11.6 Å². The van der Waals surface area contributed by atoms with Gasteiger partial charge in [-0.15, -0.1) is 0 Å². The summed E-state index contributed by atoms with van der Waals surface area (Å²) in [5.74, 6) is 0. The molecular formula is C9H19ClN2O3. The Morgan fingerprint density at radius 1 is 1.53 bits per heavy atom. The number of morpholine rings is 1. The molecule has 1 saturated heterocycles. The summed E-state index contributed by atoms with van der Waals surface area (Å²) in [5, 5.41) is -0.461. The van der Waals surface area contributed by atoms with E-state index in [1.54, 1.807) is 0 Å². The van der Waals surface area contributed by atoms with Gasteiger partial charge >= 0.3 is 0 Å². The van der Waals surface area contributed by atoms with E-state index >= 15 is 0 Å². The summed E-state index contributed by atoms with van der Waals surface area (Å²) >= 11 is 4.81. The van der Waals surface area contributed by atoms with Crippen LogP contribution in [-0.4, -0.2) is 63.3 Å². The number of hydrogen-bond acceptors (Lipinski definition) is 5. The molecule has 0 atom stereocenters. The number of carbonyl (C=O) groups excluding carboxylic acids is 1. The molecule has 0 aromatic rings. The van der Waals surface area contributed by atoms with Gasteiger partial charge in [-0.3, -0.25) is 9.69 Å². The molecule has 1 fully saturated rings. The van der Waals surface area contributed by atoms with Crippen molar-refractivity contribution in [3.63, 3.8) is 0 Å². The summed E-state index contributed by atoms with van der Waals surface area (Å²) in [6, 6.07) is 0. The maximum atomic E-state index is 9.68. The molecule has 5 nitrogen and oxygen atoms in total. The number of ether oxygens (including phenoxy) is 2. The summed E-state index contributed by atoms with van der Waals surface area (Å²) in [5.41, 5.74) is 5.38. The molecule has 0 unspecified atom stereocenters. The van der Waals surface area contributed by atoms with E-state index in [2.05, 4.69) is 9.64 Å². The third kappa shape index (κ3) is 10.1. The Hall–Kier alpha value is -0.200. The maximum Gasteiger partial charge on any atom is 0.247 e. The van der Waals surface area contributed by atoms with Crippen molar-refractivity contribution in [3.05, 3.63) is 0 Å². The Labute approximate surface area is 95.5 Å². The number of methoxy groups -OCH3 is 1. The molecule has 1 rings (SSSR count). The van der Waals surface area contributed by atoms with E-state index in [0.717, 1.165) is 39.4 Å². The first-order valence-electron chi connectivity index (χ1n) is 4.88.